The molecular formula is C12H15N7O6S. The van der Waals surface area contributed by atoms with Crippen molar-refractivity contribution in [3.8, 4) is 11.8 Å². The summed E-state index contributed by atoms with van der Waals surface area (Å²) in [4.78, 5) is 36.5. The number of rotatable bonds is 7. The van der Waals surface area contributed by atoms with Gasteiger partial charge in [-0.1, -0.05) is 0 Å². The van der Waals surface area contributed by atoms with Crippen LogP contribution in [-0.2, 0) is 10.2 Å². The van der Waals surface area contributed by atoms with E-state index in [1.54, 1.807) is 4.72 Å². The van der Waals surface area contributed by atoms with E-state index < -0.39 is 22.0 Å². The Morgan fingerprint density at radius 1 is 1.15 bits per heavy atom. The molecule has 0 saturated carbocycles. The van der Waals surface area contributed by atoms with Gasteiger partial charge in [0.2, 0.25) is 17.7 Å². The van der Waals surface area contributed by atoms with Crippen molar-refractivity contribution in [3.05, 3.63) is 24.3 Å². The molecule has 2 amide bonds. The summed E-state index contributed by atoms with van der Waals surface area (Å²) in [6.45, 7) is 1.21. The van der Waals surface area contributed by atoms with Crippen LogP contribution in [0.3, 0.4) is 0 Å². The summed E-state index contributed by atoms with van der Waals surface area (Å²) in [5.74, 6) is -0.688. The van der Waals surface area contributed by atoms with Crippen molar-refractivity contribution in [2.24, 2.45) is 0 Å². The summed E-state index contributed by atoms with van der Waals surface area (Å²) in [6.07, 6.45) is 2.42. The summed E-state index contributed by atoms with van der Waals surface area (Å²) in [5.41, 5.74) is 0. The minimum atomic E-state index is -4.37. The van der Waals surface area contributed by atoms with E-state index in [2.05, 4.69) is 20.3 Å². The molecular weight excluding hydrogens is 370 g/mol. The highest BCUT2D eigenvalue weighted by Gasteiger charge is 2.18. The van der Waals surface area contributed by atoms with Gasteiger partial charge in [-0.05, 0) is 0 Å². The molecule has 0 atom stereocenters. The van der Waals surface area contributed by atoms with Gasteiger partial charge in [0.1, 0.15) is 0 Å². The van der Waals surface area contributed by atoms with E-state index >= 15 is 0 Å². The van der Waals surface area contributed by atoms with Gasteiger partial charge in [-0.3, -0.25) is 10.1 Å². The molecule has 0 aromatic carbocycles. The lowest BCUT2D eigenvalue weighted by Crippen LogP contribution is -2.42. The molecule has 140 valence electrons. The smallest absolute Gasteiger partial charge is 0.338 e. The lowest BCUT2D eigenvalue weighted by Gasteiger charge is -2.12. The van der Waals surface area contributed by atoms with Crippen molar-refractivity contribution >= 4 is 28.0 Å². The number of aromatic nitrogens is 4. The lowest BCUT2D eigenvalue weighted by molar-refractivity contribution is 0.100. The normalized spacial score (nSPS) is 10.7. The number of Topliss-reactive ketones (excluding diaryl/α,β-unsaturated/α-hetero) is 1. The minimum absolute atomic E-state index is 0.0950. The number of imidazole rings is 1. The second-order valence-corrected chi connectivity index (χ2v) is 6.00. The molecule has 2 rings (SSSR count). The van der Waals surface area contributed by atoms with Crippen LogP contribution in [0.4, 0.5) is 10.7 Å². The van der Waals surface area contributed by atoms with Crippen molar-refractivity contribution in [1.82, 2.24) is 24.4 Å². The average Bonchev–Trinajstić information content (AvgIpc) is 3.01. The van der Waals surface area contributed by atoms with Crippen LogP contribution >= 0.6 is 0 Å². The lowest BCUT2D eigenvalue weighted by atomic mass is 10.4. The molecule has 0 aliphatic carbocycles. The summed E-state index contributed by atoms with van der Waals surface area (Å²) in [7, 11) is -1.68. The number of nitrogens with one attached hydrogen (secondary N) is 3. The minimum Gasteiger partial charge on any atom is -0.481 e. The van der Waals surface area contributed by atoms with Crippen LogP contribution in [0.2, 0.25) is 0 Å². The summed E-state index contributed by atoms with van der Waals surface area (Å²) >= 11 is 0. The number of anilines is 1. The van der Waals surface area contributed by atoms with E-state index in [0.717, 1.165) is 4.68 Å². The second-order valence-electron chi connectivity index (χ2n) is 4.60. The van der Waals surface area contributed by atoms with Crippen LogP contribution in [0, 0.1) is 0 Å². The molecule has 0 aliphatic rings. The van der Waals surface area contributed by atoms with Crippen molar-refractivity contribution in [2.75, 3.05) is 24.4 Å². The van der Waals surface area contributed by atoms with Crippen LogP contribution in [0.25, 0.3) is 0 Å². The van der Waals surface area contributed by atoms with E-state index in [-0.39, 0.29) is 23.5 Å². The SMILES string of the molecule is COc1cc(OC)nc(NC(=O)NS(=O)(=O)Nn2ccnc2C(C)=O)n1. The van der Waals surface area contributed by atoms with E-state index in [1.165, 1.54) is 39.6 Å². The molecule has 0 spiro atoms. The van der Waals surface area contributed by atoms with Gasteiger partial charge in [0.05, 0.1) is 20.3 Å². The van der Waals surface area contributed by atoms with Gasteiger partial charge in [0, 0.05) is 19.3 Å². The van der Waals surface area contributed by atoms with E-state index in [0.29, 0.717) is 0 Å². The molecule has 26 heavy (non-hydrogen) atoms. The Morgan fingerprint density at radius 2 is 1.77 bits per heavy atom. The maximum absolute atomic E-state index is 12.0. The quantitative estimate of drug-likeness (QED) is 0.532. The first kappa shape index (κ1) is 18.9. The number of ether oxygens (including phenoxy) is 2. The van der Waals surface area contributed by atoms with Gasteiger partial charge < -0.3 is 9.47 Å². The predicted octanol–water partition coefficient (Wildman–Crippen LogP) is -0.497. The number of amides is 2. The van der Waals surface area contributed by atoms with Crippen molar-refractivity contribution in [1.29, 1.82) is 0 Å². The Bertz CT molecular complexity index is 904. The van der Waals surface area contributed by atoms with Gasteiger partial charge in [0.15, 0.2) is 11.6 Å². The molecule has 2 aromatic rings. The fourth-order valence-corrected chi connectivity index (χ4v) is 2.45. The maximum Gasteiger partial charge on any atom is 0.338 e. The highest BCUT2D eigenvalue weighted by atomic mass is 32.2. The Labute approximate surface area is 147 Å². The van der Waals surface area contributed by atoms with E-state index in [9.17, 15) is 18.0 Å². The van der Waals surface area contributed by atoms with Crippen molar-refractivity contribution in [2.45, 2.75) is 6.92 Å². The third-order valence-corrected chi connectivity index (χ3v) is 3.62. The molecule has 0 aliphatic heterocycles. The molecule has 0 fully saturated rings. The number of ketones is 1. The Morgan fingerprint density at radius 3 is 2.31 bits per heavy atom. The van der Waals surface area contributed by atoms with Gasteiger partial charge >= 0.3 is 16.2 Å². The standard InChI is InChI=1S/C12H15N7O6S/c1-7(20)10-13-4-5-19(10)18-26(22,23)17-12(21)16-11-14-8(24-2)6-9(15-11)25-3/h4-6,18H,1-3H3,(H2,14,15,16,17,21). The largest absolute Gasteiger partial charge is 0.481 e. The van der Waals surface area contributed by atoms with Crippen LogP contribution in [0.15, 0.2) is 18.5 Å². The third-order valence-electron chi connectivity index (χ3n) is 2.72. The first-order chi connectivity index (χ1) is 12.2. The fraction of sp³-hybridized carbons (Fsp3) is 0.250. The fourth-order valence-electron chi connectivity index (χ4n) is 1.71. The molecule has 14 heteroatoms. The molecule has 2 heterocycles. The first-order valence-corrected chi connectivity index (χ1v) is 8.35. The zero-order chi connectivity index (χ0) is 19.3. The molecule has 0 bridgehead atoms. The molecule has 2 aromatic heterocycles. The van der Waals surface area contributed by atoms with Gasteiger partial charge in [0.25, 0.3) is 0 Å². The van der Waals surface area contributed by atoms with Crippen LogP contribution < -0.4 is 24.3 Å². The number of urea groups is 1. The molecule has 0 unspecified atom stereocenters. The molecule has 3 N–H and O–H groups in total. The highest BCUT2D eigenvalue weighted by Crippen LogP contribution is 2.17. The van der Waals surface area contributed by atoms with Gasteiger partial charge in [-0.15, -0.1) is 0 Å². The molecule has 0 radical (unpaired) electrons. The number of nitrogens with zero attached hydrogens (tertiary/aromatic N) is 4. The summed E-state index contributed by atoms with van der Waals surface area (Å²) < 4.78 is 36.3. The van der Waals surface area contributed by atoms with E-state index in [4.69, 9.17) is 9.47 Å². The zero-order valence-electron chi connectivity index (χ0n) is 13.9. The topological polar surface area (TPSA) is 166 Å². The summed E-state index contributed by atoms with van der Waals surface area (Å²) in [6, 6.07) is 0.210. The van der Waals surface area contributed by atoms with Crippen LogP contribution in [-0.4, -0.2) is 54.1 Å². The monoisotopic (exact) mass is 385 g/mol. The summed E-state index contributed by atoms with van der Waals surface area (Å²) in [5, 5.41) is 2.12. The van der Waals surface area contributed by atoms with E-state index in [1.807, 2.05) is 4.83 Å². The average molecular weight is 385 g/mol. The Hall–Kier alpha value is -3.42. The van der Waals surface area contributed by atoms with Gasteiger partial charge in [-0.2, -0.15) is 18.4 Å². The predicted molar refractivity (Wildman–Crippen MR) is 87.8 cm³/mol. The Kier molecular flexibility index (Phi) is 5.56. The van der Waals surface area contributed by atoms with Gasteiger partial charge in [-0.25, -0.2) is 24.0 Å². The Balaban J connectivity index is 2.09. The first-order valence-electron chi connectivity index (χ1n) is 6.87. The van der Waals surface area contributed by atoms with Crippen molar-refractivity contribution < 1.29 is 27.5 Å². The maximum atomic E-state index is 12.0. The van der Waals surface area contributed by atoms with Crippen molar-refractivity contribution in [3.63, 3.8) is 0 Å². The number of carbonyl (C=O) groups excluding carboxylic acids is 2. The molecule has 13 nitrogen and oxygen atoms in total. The zero-order valence-corrected chi connectivity index (χ0v) is 14.7. The number of methoxy groups -OCH3 is 2. The third kappa shape index (κ3) is 4.79. The number of hydrogen-bond acceptors (Lipinski definition) is 9. The van der Waals surface area contributed by atoms with Crippen LogP contribution in [0.5, 0.6) is 11.8 Å². The number of hydrogen-bond donors (Lipinski definition) is 3. The highest BCUT2D eigenvalue weighted by molar-refractivity contribution is 7.90. The second kappa shape index (κ2) is 7.64. The number of carbonyl (C=O) groups is 2. The molecule has 0 saturated heterocycles. The van der Waals surface area contributed by atoms with Crippen LogP contribution in [0.1, 0.15) is 17.5 Å².